The first-order valence-corrected chi connectivity index (χ1v) is 5.84. The first-order valence-electron chi connectivity index (χ1n) is 4.27. The number of hydrogen-bond donors (Lipinski definition) is 1. The number of anilines is 1. The lowest BCUT2D eigenvalue weighted by Crippen LogP contribution is -1.84. The van der Waals surface area contributed by atoms with Crippen LogP contribution in [0.1, 0.15) is 0 Å². The third kappa shape index (κ3) is 1.98. The molecule has 1 aromatic heterocycles. The number of nitrogens with two attached hydrogens (primary N) is 1. The molecule has 78 valence electrons. The fourth-order valence-corrected chi connectivity index (χ4v) is 2.44. The van der Waals surface area contributed by atoms with Crippen molar-refractivity contribution in [1.29, 1.82) is 0 Å². The molecule has 15 heavy (non-hydrogen) atoms. The predicted octanol–water partition coefficient (Wildman–Crippen LogP) is 3.16. The van der Waals surface area contributed by atoms with E-state index in [1.807, 2.05) is 24.3 Å². The van der Waals surface area contributed by atoms with Crippen molar-refractivity contribution in [3.8, 4) is 17.0 Å². The van der Waals surface area contributed by atoms with Gasteiger partial charge in [0.1, 0.15) is 16.4 Å². The van der Waals surface area contributed by atoms with Gasteiger partial charge >= 0.3 is 0 Å². The Balaban J connectivity index is 2.41. The average Bonchev–Trinajstić information content (AvgIpc) is 2.60. The Morgan fingerprint density at radius 1 is 1.33 bits per heavy atom. The molecule has 3 nitrogen and oxygen atoms in total. The molecule has 0 spiro atoms. The zero-order valence-electron chi connectivity index (χ0n) is 8.03. The quantitative estimate of drug-likeness (QED) is 0.922. The topological polar surface area (TPSA) is 48.1 Å². The molecule has 2 aromatic rings. The van der Waals surface area contributed by atoms with E-state index in [9.17, 15) is 0 Å². The van der Waals surface area contributed by atoms with Gasteiger partial charge in [-0.15, -0.1) is 0 Å². The largest absolute Gasteiger partial charge is 0.497 e. The Labute approximate surface area is 100 Å². The molecule has 5 heteroatoms. The lowest BCUT2D eigenvalue weighted by Gasteiger charge is -2.01. The predicted molar refractivity (Wildman–Crippen MR) is 66.2 cm³/mol. The highest BCUT2D eigenvalue weighted by Gasteiger charge is 2.10. The Bertz CT molecular complexity index is 467. The molecule has 1 aromatic carbocycles. The maximum absolute atomic E-state index is 5.72. The smallest absolute Gasteiger partial charge is 0.121 e. The van der Waals surface area contributed by atoms with Crippen LogP contribution in [-0.2, 0) is 0 Å². The molecule has 0 amide bonds. The molecule has 0 aliphatic heterocycles. The van der Waals surface area contributed by atoms with E-state index < -0.39 is 0 Å². The highest BCUT2D eigenvalue weighted by Crippen LogP contribution is 2.35. The van der Waals surface area contributed by atoms with Crippen molar-refractivity contribution in [2.24, 2.45) is 0 Å². The molecule has 0 bridgehead atoms. The lowest BCUT2D eigenvalue weighted by molar-refractivity contribution is 0.415. The summed E-state index contributed by atoms with van der Waals surface area (Å²) in [5.41, 5.74) is 7.62. The minimum Gasteiger partial charge on any atom is -0.497 e. The van der Waals surface area contributed by atoms with Gasteiger partial charge in [-0.3, -0.25) is 0 Å². The van der Waals surface area contributed by atoms with Crippen LogP contribution in [0.15, 0.2) is 28.7 Å². The molecular formula is C10H9BrN2OS. The maximum Gasteiger partial charge on any atom is 0.121 e. The van der Waals surface area contributed by atoms with E-state index in [4.69, 9.17) is 10.5 Å². The van der Waals surface area contributed by atoms with E-state index in [0.29, 0.717) is 5.00 Å². The third-order valence-electron chi connectivity index (χ3n) is 2.02. The lowest BCUT2D eigenvalue weighted by atomic mass is 10.1. The number of hydrogen-bond acceptors (Lipinski definition) is 4. The number of rotatable bonds is 2. The van der Waals surface area contributed by atoms with Crippen LogP contribution in [0, 0.1) is 0 Å². The first-order chi connectivity index (χ1) is 7.22. The fourth-order valence-electron chi connectivity index (χ4n) is 1.22. The minimum absolute atomic E-state index is 0.695. The van der Waals surface area contributed by atoms with Crippen LogP contribution in [0.2, 0.25) is 0 Å². The van der Waals surface area contributed by atoms with Gasteiger partial charge in [0, 0.05) is 5.56 Å². The molecule has 0 aliphatic carbocycles. The third-order valence-corrected chi connectivity index (χ3v) is 3.76. The second-order valence-electron chi connectivity index (χ2n) is 2.94. The summed E-state index contributed by atoms with van der Waals surface area (Å²) < 4.78 is 10.2. The van der Waals surface area contributed by atoms with E-state index in [1.165, 1.54) is 11.5 Å². The number of nitrogen functional groups attached to an aromatic ring is 1. The number of nitrogens with zero attached hydrogens (tertiary/aromatic N) is 1. The van der Waals surface area contributed by atoms with E-state index in [-0.39, 0.29) is 0 Å². The maximum atomic E-state index is 5.72. The standard InChI is InChI=1S/C10H9BrN2OS/c1-14-7-4-2-6(3-5-7)9-8(11)10(12)15-13-9/h2-5H,12H2,1H3. The van der Waals surface area contributed by atoms with Crippen molar-refractivity contribution >= 4 is 32.5 Å². The molecule has 0 unspecified atom stereocenters. The molecule has 0 fully saturated rings. The van der Waals surface area contributed by atoms with Crippen LogP contribution in [0.3, 0.4) is 0 Å². The van der Waals surface area contributed by atoms with E-state index >= 15 is 0 Å². The van der Waals surface area contributed by atoms with Crippen LogP contribution in [-0.4, -0.2) is 11.5 Å². The van der Waals surface area contributed by atoms with Crippen molar-refractivity contribution in [2.75, 3.05) is 12.8 Å². The first kappa shape index (κ1) is 10.4. The van der Waals surface area contributed by atoms with E-state index in [2.05, 4.69) is 20.3 Å². The molecule has 0 saturated carbocycles. The summed E-state index contributed by atoms with van der Waals surface area (Å²) in [7, 11) is 1.64. The Morgan fingerprint density at radius 3 is 2.47 bits per heavy atom. The Hall–Kier alpha value is -1.07. The van der Waals surface area contributed by atoms with Gasteiger partial charge in [-0.05, 0) is 51.7 Å². The minimum atomic E-state index is 0.695. The van der Waals surface area contributed by atoms with Gasteiger partial charge in [-0.25, -0.2) is 0 Å². The Kier molecular flexibility index (Phi) is 2.93. The Morgan fingerprint density at radius 2 is 2.00 bits per heavy atom. The van der Waals surface area contributed by atoms with Gasteiger partial charge in [0.2, 0.25) is 0 Å². The summed E-state index contributed by atoms with van der Waals surface area (Å²) in [6, 6.07) is 7.71. The number of ether oxygens (including phenoxy) is 1. The number of aromatic nitrogens is 1. The van der Waals surface area contributed by atoms with Crippen LogP contribution in [0.25, 0.3) is 11.3 Å². The van der Waals surface area contributed by atoms with Crippen molar-refractivity contribution in [1.82, 2.24) is 4.37 Å². The summed E-state index contributed by atoms with van der Waals surface area (Å²) in [4.78, 5) is 0. The van der Waals surface area contributed by atoms with Crippen LogP contribution in [0.4, 0.5) is 5.00 Å². The van der Waals surface area contributed by atoms with Gasteiger partial charge in [0.15, 0.2) is 0 Å². The number of methoxy groups -OCH3 is 1. The van der Waals surface area contributed by atoms with Gasteiger partial charge in [-0.2, -0.15) is 4.37 Å². The number of benzene rings is 1. The normalized spacial score (nSPS) is 10.3. The number of halogens is 1. The zero-order valence-corrected chi connectivity index (χ0v) is 10.4. The highest BCUT2D eigenvalue weighted by molar-refractivity contribution is 9.10. The average molecular weight is 285 g/mol. The van der Waals surface area contributed by atoms with E-state index in [1.54, 1.807) is 7.11 Å². The zero-order chi connectivity index (χ0) is 10.8. The van der Waals surface area contributed by atoms with Crippen molar-refractivity contribution < 1.29 is 4.74 Å². The SMILES string of the molecule is COc1ccc(-c2nsc(N)c2Br)cc1. The van der Waals surface area contributed by atoms with E-state index in [0.717, 1.165) is 21.5 Å². The second-order valence-corrected chi connectivity index (χ2v) is 4.54. The second kappa shape index (κ2) is 4.20. The van der Waals surface area contributed by atoms with Crippen LogP contribution >= 0.6 is 27.5 Å². The van der Waals surface area contributed by atoms with Crippen molar-refractivity contribution in [3.63, 3.8) is 0 Å². The highest BCUT2D eigenvalue weighted by atomic mass is 79.9. The molecular weight excluding hydrogens is 276 g/mol. The molecule has 1 heterocycles. The summed E-state index contributed by atoms with van der Waals surface area (Å²) in [5.74, 6) is 0.832. The van der Waals surface area contributed by atoms with Gasteiger partial charge < -0.3 is 10.5 Å². The summed E-state index contributed by atoms with van der Waals surface area (Å²) in [6.45, 7) is 0. The van der Waals surface area contributed by atoms with Crippen molar-refractivity contribution in [3.05, 3.63) is 28.7 Å². The summed E-state index contributed by atoms with van der Waals surface area (Å²) in [6.07, 6.45) is 0. The van der Waals surface area contributed by atoms with Crippen molar-refractivity contribution in [2.45, 2.75) is 0 Å². The monoisotopic (exact) mass is 284 g/mol. The summed E-state index contributed by atoms with van der Waals surface area (Å²) >= 11 is 4.70. The van der Waals surface area contributed by atoms with Crippen LogP contribution in [0.5, 0.6) is 5.75 Å². The van der Waals surface area contributed by atoms with Gasteiger partial charge in [-0.1, -0.05) is 0 Å². The van der Waals surface area contributed by atoms with Gasteiger partial charge in [0.25, 0.3) is 0 Å². The molecule has 0 radical (unpaired) electrons. The molecule has 2 N–H and O–H groups in total. The summed E-state index contributed by atoms with van der Waals surface area (Å²) in [5, 5.41) is 0.695. The molecule has 2 rings (SSSR count). The molecule has 0 saturated heterocycles. The molecule has 0 aliphatic rings. The van der Waals surface area contributed by atoms with Crippen LogP contribution < -0.4 is 10.5 Å². The molecule has 0 atom stereocenters. The van der Waals surface area contributed by atoms with Gasteiger partial charge in [0.05, 0.1) is 11.6 Å². The fraction of sp³-hybridized carbons (Fsp3) is 0.100.